The van der Waals surface area contributed by atoms with Crippen molar-refractivity contribution in [2.75, 3.05) is 61.5 Å². The number of phenols is 1. The number of rotatable bonds is 16. The summed E-state index contributed by atoms with van der Waals surface area (Å²) in [6, 6.07) is 12.6. The predicted molar refractivity (Wildman–Crippen MR) is 267 cm³/mol. The number of anilines is 2. The van der Waals surface area contributed by atoms with Gasteiger partial charge < -0.3 is 39.8 Å². The average molecular weight is 1040 g/mol. The largest absolute Gasteiger partial charge is 0.508 e. The van der Waals surface area contributed by atoms with E-state index in [1.54, 1.807) is 18.2 Å². The van der Waals surface area contributed by atoms with Crippen LogP contribution in [0.4, 0.5) is 11.4 Å². The van der Waals surface area contributed by atoms with Gasteiger partial charge in [-0.3, -0.25) is 14.1 Å². The normalized spacial score (nSPS) is 18.3. The summed E-state index contributed by atoms with van der Waals surface area (Å²) < 4.78 is 54.6. The third kappa shape index (κ3) is 9.48. The topological polar surface area (TPSA) is 184 Å². The number of aromatic hydroxyl groups is 1. The van der Waals surface area contributed by atoms with Crippen molar-refractivity contribution in [1.82, 2.24) is 10.6 Å². The number of hydrogen-bond donors (Lipinski definition) is 4. The molecule has 0 saturated heterocycles. The SMILES string of the molecule is CC1(C)C=C(CS(=O)(=O)O)c2cc3c(c4c2N1CCC4)Oc1cc2c(cc1C31OC(=O)c3c(Cl)c(Cl)c(Cl)c(Cl)c31)CCCN2CCCC(=O)NCCOCCCC(=O)NCCc1ccc(O)cc1. The van der Waals surface area contributed by atoms with Gasteiger partial charge in [0, 0.05) is 91.7 Å². The van der Waals surface area contributed by atoms with Crippen LogP contribution >= 0.6 is 46.4 Å². The maximum atomic E-state index is 14.3. The van der Waals surface area contributed by atoms with E-state index in [1.165, 1.54) is 0 Å². The van der Waals surface area contributed by atoms with E-state index in [-0.39, 0.29) is 48.8 Å². The molecule has 0 saturated carbocycles. The third-order valence-corrected chi connectivity index (χ3v) is 16.0. The monoisotopic (exact) mass is 1040 g/mol. The minimum atomic E-state index is -4.48. The number of carbonyl (C=O) groups excluding carboxylic acids is 3. The van der Waals surface area contributed by atoms with E-state index in [0.717, 1.165) is 47.5 Å². The standard InChI is InChI=1S/C50H52Cl4N4O10S/c1-49(2)26-30(27-69(63,64)65)33-24-35-47(32-8-4-20-58(49)46(32)33)67-37-25-36-29(23-34(37)50(35)41-40(48(62)68-50)42(51)44(53)45(54)43(41)52)7-3-18-57(36)19-5-9-38(60)56-17-22-66-21-6-10-39(61)55-16-15-28-11-13-31(59)14-12-28/h11-14,23-26,59H,3-10,15-22,27H2,1-2H3,(H,55,61)(H,56,60)(H,63,64,65). The van der Waals surface area contributed by atoms with E-state index >= 15 is 0 Å². The fourth-order valence-electron chi connectivity index (χ4n) is 10.5. The van der Waals surface area contributed by atoms with Gasteiger partial charge in [-0.05, 0) is 99.8 Å². The number of amides is 2. The molecule has 4 aromatic rings. The lowest BCUT2D eigenvalue weighted by Crippen LogP contribution is -2.48. The van der Waals surface area contributed by atoms with Gasteiger partial charge in [0.2, 0.25) is 11.8 Å². The minimum Gasteiger partial charge on any atom is -0.508 e. The van der Waals surface area contributed by atoms with Gasteiger partial charge >= 0.3 is 5.97 Å². The third-order valence-electron chi connectivity index (χ3n) is 13.5. The number of ether oxygens (including phenoxy) is 3. The first kappa shape index (κ1) is 49.2. The zero-order valence-corrected chi connectivity index (χ0v) is 42.0. The Kier molecular flexibility index (Phi) is 13.9. The molecule has 4 aromatic carbocycles. The highest BCUT2D eigenvalue weighted by atomic mass is 35.5. The van der Waals surface area contributed by atoms with Gasteiger partial charge in [0.15, 0.2) is 5.60 Å². The molecule has 5 aliphatic rings. The van der Waals surface area contributed by atoms with E-state index in [1.807, 2.05) is 44.2 Å². The van der Waals surface area contributed by atoms with Crippen molar-refractivity contribution < 1.29 is 46.7 Å². The van der Waals surface area contributed by atoms with Gasteiger partial charge in [-0.25, -0.2) is 4.79 Å². The van der Waals surface area contributed by atoms with Crippen molar-refractivity contribution in [2.45, 2.75) is 82.8 Å². The van der Waals surface area contributed by atoms with Crippen LogP contribution in [0.1, 0.15) is 102 Å². The number of halogens is 4. The Morgan fingerprint density at radius 3 is 2.33 bits per heavy atom. The molecule has 14 nitrogen and oxygen atoms in total. The number of benzene rings is 4. The second-order valence-corrected chi connectivity index (χ2v) is 21.6. The summed E-state index contributed by atoms with van der Waals surface area (Å²) in [4.78, 5) is 43.8. The summed E-state index contributed by atoms with van der Waals surface area (Å²) >= 11 is 27.3. The molecule has 1 unspecified atom stereocenters. The Hall–Kier alpha value is -4.74. The maximum absolute atomic E-state index is 14.3. The Morgan fingerprint density at radius 1 is 0.870 bits per heavy atom. The van der Waals surface area contributed by atoms with Crippen molar-refractivity contribution in [3.05, 3.63) is 113 Å². The Labute approximate surface area is 420 Å². The molecular weight excluding hydrogens is 990 g/mol. The van der Waals surface area contributed by atoms with E-state index in [4.69, 9.17) is 60.6 Å². The molecule has 1 atom stereocenters. The van der Waals surface area contributed by atoms with E-state index in [0.29, 0.717) is 118 Å². The fraction of sp³-hybridized carbons (Fsp3) is 0.420. The first-order valence-corrected chi connectivity index (χ1v) is 26.2. The molecule has 1 spiro atoms. The van der Waals surface area contributed by atoms with Gasteiger partial charge in [-0.2, -0.15) is 8.42 Å². The molecule has 69 heavy (non-hydrogen) atoms. The number of phenolic OH excluding ortho intramolecular Hbond substituents is 1. The number of nitrogens with one attached hydrogen (secondary N) is 2. The molecule has 0 radical (unpaired) electrons. The summed E-state index contributed by atoms with van der Waals surface area (Å²) in [5.41, 5.74) is 4.02. The van der Waals surface area contributed by atoms with Crippen LogP contribution in [-0.4, -0.2) is 93.1 Å². The van der Waals surface area contributed by atoms with E-state index < -0.39 is 33.0 Å². The molecule has 4 N–H and O–H groups in total. The van der Waals surface area contributed by atoms with Crippen LogP contribution in [0, 0.1) is 0 Å². The summed E-state index contributed by atoms with van der Waals surface area (Å²) in [6.45, 7) is 7.54. The Bertz CT molecular complexity index is 2910. The van der Waals surface area contributed by atoms with Crippen molar-refractivity contribution in [2.24, 2.45) is 0 Å². The molecule has 0 bridgehead atoms. The molecule has 366 valence electrons. The second-order valence-electron chi connectivity index (χ2n) is 18.6. The molecule has 0 aliphatic carbocycles. The molecule has 19 heteroatoms. The molecule has 0 fully saturated rings. The van der Waals surface area contributed by atoms with Crippen molar-refractivity contribution >= 4 is 91.3 Å². The van der Waals surface area contributed by atoms with Gasteiger partial charge in [0.25, 0.3) is 10.1 Å². The zero-order valence-electron chi connectivity index (χ0n) is 38.1. The molecular formula is C50H52Cl4N4O10S. The van der Waals surface area contributed by atoms with Crippen LogP contribution in [0.5, 0.6) is 17.2 Å². The van der Waals surface area contributed by atoms with Crippen LogP contribution in [0.25, 0.3) is 5.57 Å². The molecule has 5 aliphatic heterocycles. The highest BCUT2D eigenvalue weighted by Crippen LogP contribution is 2.64. The Balaban J connectivity index is 0.923. The predicted octanol–water partition coefficient (Wildman–Crippen LogP) is 9.19. The van der Waals surface area contributed by atoms with Crippen LogP contribution in [0.2, 0.25) is 20.1 Å². The molecule has 5 heterocycles. The van der Waals surface area contributed by atoms with Gasteiger partial charge in [-0.1, -0.05) is 64.6 Å². The van der Waals surface area contributed by atoms with E-state index in [9.17, 15) is 32.5 Å². The fourth-order valence-corrected chi connectivity index (χ4v) is 12.2. The highest BCUT2D eigenvalue weighted by Gasteiger charge is 2.58. The number of hydrogen-bond acceptors (Lipinski definition) is 11. The molecule has 9 rings (SSSR count). The summed E-state index contributed by atoms with van der Waals surface area (Å²) in [5, 5.41) is 14.9. The first-order chi connectivity index (χ1) is 32.9. The summed E-state index contributed by atoms with van der Waals surface area (Å²) in [7, 11) is -4.48. The molecule has 0 aromatic heterocycles. The van der Waals surface area contributed by atoms with Gasteiger partial charge in [0.1, 0.15) is 23.0 Å². The quantitative estimate of drug-likeness (QED) is 0.0275. The zero-order chi connectivity index (χ0) is 49.0. The average Bonchev–Trinajstić information content (AvgIpc) is 3.61. The smallest absolute Gasteiger partial charge is 0.341 e. The van der Waals surface area contributed by atoms with Gasteiger partial charge in [0.05, 0.1) is 43.5 Å². The first-order valence-electron chi connectivity index (χ1n) is 23.1. The number of carbonyl (C=O) groups is 3. The van der Waals surface area contributed by atoms with Gasteiger partial charge in [-0.15, -0.1) is 0 Å². The molecule has 2 amide bonds. The lowest BCUT2D eigenvalue weighted by atomic mass is 9.73. The number of nitrogens with zero attached hydrogens (tertiary/aromatic N) is 2. The number of aryl methyl sites for hydroxylation is 1. The van der Waals surface area contributed by atoms with Crippen LogP contribution in [-0.2, 0) is 54.0 Å². The summed E-state index contributed by atoms with van der Waals surface area (Å²) in [6.07, 6.45) is 7.05. The van der Waals surface area contributed by atoms with Crippen molar-refractivity contribution in [3.8, 4) is 17.2 Å². The Morgan fingerprint density at radius 2 is 1.58 bits per heavy atom. The highest BCUT2D eigenvalue weighted by molar-refractivity contribution is 7.86. The van der Waals surface area contributed by atoms with Crippen LogP contribution in [0.15, 0.2) is 48.5 Å². The number of esters is 1. The van der Waals surface area contributed by atoms with Crippen molar-refractivity contribution in [3.63, 3.8) is 0 Å². The lowest BCUT2D eigenvalue weighted by Gasteiger charge is -2.49. The van der Waals surface area contributed by atoms with Crippen LogP contribution in [0.3, 0.4) is 0 Å². The van der Waals surface area contributed by atoms with E-state index in [2.05, 4.69) is 20.4 Å². The minimum absolute atomic E-state index is 0.0305. The van der Waals surface area contributed by atoms with Crippen LogP contribution < -0.4 is 25.2 Å². The number of fused-ring (bicyclic) bond motifs is 8. The second kappa shape index (κ2) is 19.5. The maximum Gasteiger partial charge on any atom is 0.341 e. The van der Waals surface area contributed by atoms with Crippen molar-refractivity contribution in [1.29, 1.82) is 0 Å². The summed E-state index contributed by atoms with van der Waals surface area (Å²) in [5.74, 6) is -0.529. The lowest BCUT2D eigenvalue weighted by molar-refractivity contribution is -0.121.